The molecule has 114 valence electrons. The molecule has 0 unspecified atom stereocenters. The van der Waals surface area contributed by atoms with Crippen LogP contribution in [-0.4, -0.2) is 22.6 Å². The standard InChI is InChI=1S/C15H19ClN2O3/c1-10-4-5-12(11(16)8-10)17-14(21)18-15(9-13(19)20)6-2-3-7-15/h4-5,8H,2-3,6-7,9H2,1H3,(H,19,20)(H2,17,18,21). The van der Waals surface area contributed by atoms with Crippen LogP contribution in [0, 0.1) is 6.92 Å². The number of carboxylic acids is 1. The summed E-state index contributed by atoms with van der Waals surface area (Å²) in [7, 11) is 0. The summed E-state index contributed by atoms with van der Waals surface area (Å²) in [6, 6.07) is 4.93. The minimum atomic E-state index is -0.898. The molecule has 2 amide bonds. The average molecular weight is 311 g/mol. The first-order valence-corrected chi connectivity index (χ1v) is 7.35. The van der Waals surface area contributed by atoms with Gasteiger partial charge in [-0.3, -0.25) is 4.79 Å². The number of benzene rings is 1. The molecule has 2 rings (SSSR count). The molecule has 1 saturated carbocycles. The zero-order valence-corrected chi connectivity index (χ0v) is 12.7. The van der Waals surface area contributed by atoms with Crippen molar-refractivity contribution in [1.29, 1.82) is 0 Å². The molecule has 1 aromatic rings. The average Bonchev–Trinajstić information content (AvgIpc) is 2.80. The third kappa shape index (κ3) is 4.11. The smallest absolute Gasteiger partial charge is 0.319 e. The minimum Gasteiger partial charge on any atom is -0.481 e. The van der Waals surface area contributed by atoms with Gasteiger partial charge in [-0.15, -0.1) is 0 Å². The summed E-state index contributed by atoms with van der Waals surface area (Å²) in [5.41, 5.74) is 0.875. The maximum Gasteiger partial charge on any atom is 0.319 e. The van der Waals surface area contributed by atoms with Gasteiger partial charge in [0.05, 0.1) is 22.7 Å². The lowest BCUT2D eigenvalue weighted by atomic mass is 9.93. The van der Waals surface area contributed by atoms with E-state index in [2.05, 4.69) is 10.6 Å². The monoisotopic (exact) mass is 310 g/mol. The van der Waals surface area contributed by atoms with Crippen LogP contribution in [0.1, 0.15) is 37.7 Å². The lowest BCUT2D eigenvalue weighted by Crippen LogP contribution is -2.49. The first-order valence-electron chi connectivity index (χ1n) is 6.97. The van der Waals surface area contributed by atoms with E-state index in [1.165, 1.54) is 0 Å². The zero-order chi connectivity index (χ0) is 15.5. The summed E-state index contributed by atoms with van der Waals surface area (Å²) >= 11 is 6.07. The van der Waals surface area contributed by atoms with Gasteiger partial charge in [0.2, 0.25) is 0 Å². The van der Waals surface area contributed by atoms with Crippen LogP contribution in [0.15, 0.2) is 18.2 Å². The van der Waals surface area contributed by atoms with Crippen LogP contribution >= 0.6 is 11.6 Å². The quantitative estimate of drug-likeness (QED) is 0.795. The van der Waals surface area contributed by atoms with Crippen LogP contribution in [0.3, 0.4) is 0 Å². The largest absolute Gasteiger partial charge is 0.481 e. The normalized spacial score (nSPS) is 16.5. The van der Waals surface area contributed by atoms with Crippen molar-refractivity contribution in [3.8, 4) is 0 Å². The van der Waals surface area contributed by atoms with Crippen molar-refractivity contribution < 1.29 is 14.7 Å². The predicted octanol–water partition coefficient (Wildman–Crippen LogP) is 3.56. The topological polar surface area (TPSA) is 78.4 Å². The first kappa shape index (κ1) is 15.6. The Bertz CT molecular complexity index is 554. The zero-order valence-electron chi connectivity index (χ0n) is 11.9. The molecule has 0 aromatic heterocycles. The number of aryl methyl sites for hydroxylation is 1. The Kier molecular flexibility index (Phi) is 4.73. The van der Waals surface area contributed by atoms with Gasteiger partial charge in [-0.05, 0) is 37.5 Å². The Morgan fingerprint density at radius 1 is 1.33 bits per heavy atom. The second-order valence-corrected chi connectivity index (χ2v) is 6.03. The van der Waals surface area contributed by atoms with E-state index in [0.29, 0.717) is 23.6 Å². The fourth-order valence-corrected chi connectivity index (χ4v) is 3.09. The SMILES string of the molecule is Cc1ccc(NC(=O)NC2(CC(=O)O)CCCC2)c(Cl)c1. The Morgan fingerprint density at radius 2 is 2.00 bits per heavy atom. The van der Waals surface area contributed by atoms with Gasteiger partial charge < -0.3 is 15.7 Å². The van der Waals surface area contributed by atoms with Gasteiger partial charge in [-0.2, -0.15) is 0 Å². The first-order chi connectivity index (χ1) is 9.90. The summed E-state index contributed by atoms with van der Waals surface area (Å²) < 4.78 is 0. The van der Waals surface area contributed by atoms with Crippen molar-refractivity contribution in [2.45, 2.75) is 44.6 Å². The van der Waals surface area contributed by atoms with Crippen LogP contribution in [-0.2, 0) is 4.79 Å². The predicted molar refractivity (Wildman–Crippen MR) is 81.8 cm³/mol. The molecule has 1 fully saturated rings. The van der Waals surface area contributed by atoms with Crippen molar-refractivity contribution in [2.75, 3.05) is 5.32 Å². The Morgan fingerprint density at radius 3 is 2.57 bits per heavy atom. The van der Waals surface area contributed by atoms with Crippen molar-refractivity contribution >= 4 is 29.3 Å². The van der Waals surface area contributed by atoms with E-state index in [4.69, 9.17) is 16.7 Å². The number of rotatable bonds is 4. The van der Waals surface area contributed by atoms with Crippen LogP contribution < -0.4 is 10.6 Å². The Labute approximate surface area is 128 Å². The highest BCUT2D eigenvalue weighted by Crippen LogP contribution is 2.33. The molecule has 0 saturated heterocycles. The van der Waals surface area contributed by atoms with Crippen molar-refractivity contribution in [1.82, 2.24) is 5.32 Å². The maximum absolute atomic E-state index is 12.1. The molecule has 0 bridgehead atoms. The summed E-state index contributed by atoms with van der Waals surface area (Å²) in [5, 5.41) is 15.0. The van der Waals surface area contributed by atoms with Crippen molar-refractivity contribution in [3.05, 3.63) is 28.8 Å². The van der Waals surface area contributed by atoms with E-state index < -0.39 is 17.5 Å². The minimum absolute atomic E-state index is 0.0535. The number of carbonyl (C=O) groups excluding carboxylic acids is 1. The number of amides is 2. The molecule has 0 spiro atoms. The molecular weight excluding hydrogens is 292 g/mol. The van der Waals surface area contributed by atoms with E-state index >= 15 is 0 Å². The summed E-state index contributed by atoms with van der Waals surface area (Å²) in [4.78, 5) is 23.1. The lowest BCUT2D eigenvalue weighted by Gasteiger charge is -2.28. The number of urea groups is 1. The Balaban J connectivity index is 2.04. The molecule has 1 aliphatic rings. The number of carbonyl (C=O) groups is 2. The fraction of sp³-hybridized carbons (Fsp3) is 0.467. The fourth-order valence-electron chi connectivity index (χ4n) is 2.80. The molecule has 3 N–H and O–H groups in total. The third-order valence-corrected chi connectivity index (χ3v) is 4.11. The maximum atomic E-state index is 12.1. The molecule has 0 radical (unpaired) electrons. The molecule has 1 aliphatic carbocycles. The molecule has 21 heavy (non-hydrogen) atoms. The van der Waals surface area contributed by atoms with Crippen LogP contribution in [0.4, 0.5) is 10.5 Å². The van der Waals surface area contributed by atoms with E-state index in [9.17, 15) is 9.59 Å². The van der Waals surface area contributed by atoms with Gasteiger partial charge in [0, 0.05) is 0 Å². The summed E-state index contributed by atoms with van der Waals surface area (Å²) in [6.07, 6.45) is 3.18. The second kappa shape index (κ2) is 6.35. The lowest BCUT2D eigenvalue weighted by molar-refractivity contribution is -0.138. The molecule has 5 nitrogen and oxygen atoms in total. The molecule has 0 heterocycles. The van der Waals surface area contributed by atoms with E-state index in [1.807, 2.05) is 13.0 Å². The number of carboxylic acid groups (broad SMARTS) is 1. The second-order valence-electron chi connectivity index (χ2n) is 5.62. The van der Waals surface area contributed by atoms with E-state index in [-0.39, 0.29) is 6.42 Å². The number of hydrogen-bond acceptors (Lipinski definition) is 2. The highest BCUT2D eigenvalue weighted by molar-refractivity contribution is 6.33. The molecule has 6 heteroatoms. The molecular formula is C15H19ClN2O3. The van der Waals surface area contributed by atoms with Crippen LogP contribution in [0.25, 0.3) is 0 Å². The van der Waals surface area contributed by atoms with Crippen LogP contribution in [0.2, 0.25) is 5.02 Å². The third-order valence-electron chi connectivity index (χ3n) is 3.80. The molecule has 0 aliphatic heterocycles. The highest BCUT2D eigenvalue weighted by Gasteiger charge is 2.37. The number of halogens is 1. The molecule has 1 aromatic carbocycles. The van der Waals surface area contributed by atoms with Gasteiger partial charge >= 0.3 is 12.0 Å². The summed E-state index contributed by atoms with van der Waals surface area (Å²) in [5.74, 6) is -0.898. The van der Waals surface area contributed by atoms with E-state index in [1.54, 1.807) is 12.1 Å². The van der Waals surface area contributed by atoms with Crippen LogP contribution in [0.5, 0.6) is 0 Å². The van der Waals surface area contributed by atoms with Crippen molar-refractivity contribution in [2.24, 2.45) is 0 Å². The summed E-state index contributed by atoms with van der Waals surface area (Å²) in [6.45, 7) is 1.91. The van der Waals surface area contributed by atoms with Gasteiger partial charge in [-0.1, -0.05) is 30.5 Å². The highest BCUT2D eigenvalue weighted by atomic mass is 35.5. The van der Waals surface area contributed by atoms with Gasteiger partial charge in [0.25, 0.3) is 0 Å². The molecule has 0 atom stereocenters. The number of nitrogens with one attached hydrogen (secondary N) is 2. The number of anilines is 1. The van der Waals surface area contributed by atoms with Gasteiger partial charge in [-0.25, -0.2) is 4.79 Å². The van der Waals surface area contributed by atoms with Crippen molar-refractivity contribution in [3.63, 3.8) is 0 Å². The van der Waals surface area contributed by atoms with E-state index in [0.717, 1.165) is 18.4 Å². The number of aliphatic carboxylic acids is 1. The van der Waals surface area contributed by atoms with Gasteiger partial charge in [0.15, 0.2) is 0 Å². The Hall–Kier alpha value is -1.75. The van der Waals surface area contributed by atoms with Gasteiger partial charge in [0.1, 0.15) is 0 Å². The number of hydrogen-bond donors (Lipinski definition) is 3.